The van der Waals surface area contributed by atoms with Crippen LogP contribution in [0.1, 0.15) is 55.2 Å². The van der Waals surface area contributed by atoms with Crippen molar-refractivity contribution < 1.29 is 5.11 Å². The van der Waals surface area contributed by atoms with Gasteiger partial charge < -0.3 is 5.11 Å². The van der Waals surface area contributed by atoms with E-state index in [-0.39, 0.29) is 5.41 Å². The standard InChI is InChI=1S/C17H24O/c18-13-17(9-2-1-3-10-17)12-14-7-8-15-5-4-6-16(15)11-14/h7-8,11,18H,1-6,9-10,12-13H2. The van der Waals surface area contributed by atoms with Crippen LogP contribution < -0.4 is 0 Å². The first-order valence-corrected chi connectivity index (χ1v) is 7.53. The van der Waals surface area contributed by atoms with Gasteiger partial charge in [0.2, 0.25) is 0 Å². The van der Waals surface area contributed by atoms with E-state index in [1.807, 2.05) is 0 Å². The molecule has 0 bridgehead atoms. The zero-order chi connectivity index (χ0) is 12.4. The Kier molecular flexibility index (Phi) is 3.43. The molecule has 0 atom stereocenters. The molecule has 1 nitrogen and oxygen atoms in total. The number of aliphatic hydroxyl groups is 1. The summed E-state index contributed by atoms with van der Waals surface area (Å²) in [5, 5.41) is 9.80. The van der Waals surface area contributed by atoms with Gasteiger partial charge in [-0.25, -0.2) is 0 Å². The Morgan fingerprint density at radius 2 is 1.72 bits per heavy atom. The number of hydrogen-bond donors (Lipinski definition) is 1. The second-order valence-corrected chi connectivity index (χ2v) is 6.35. The maximum atomic E-state index is 9.80. The van der Waals surface area contributed by atoms with Gasteiger partial charge in [0.1, 0.15) is 0 Å². The fourth-order valence-electron chi connectivity index (χ4n) is 3.86. The predicted molar refractivity (Wildman–Crippen MR) is 74.8 cm³/mol. The number of hydrogen-bond acceptors (Lipinski definition) is 1. The van der Waals surface area contributed by atoms with Crippen LogP contribution in [0.2, 0.25) is 0 Å². The second-order valence-electron chi connectivity index (χ2n) is 6.35. The molecule has 0 unspecified atom stereocenters. The Labute approximate surface area is 110 Å². The van der Waals surface area contributed by atoms with E-state index in [9.17, 15) is 5.11 Å². The molecule has 1 fully saturated rings. The molecule has 0 heterocycles. The maximum absolute atomic E-state index is 9.80. The van der Waals surface area contributed by atoms with Crippen molar-refractivity contribution >= 4 is 0 Å². The average molecular weight is 244 g/mol. The van der Waals surface area contributed by atoms with E-state index < -0.39 is 0 Å². The molecular formula is C17H24O. The van der Waals surface area contributed by atoms with Crippen LogP contribution in [0.25, 0.3) is 0 Å². The zero-order valence-corrected chi connectivity index (χ0v) is 11.3. The van der Waals surface area contributed by atoms with Gasteiger partial charge >= 0.3 is 0 Å². The Morgan fingerprint density at radius 1 is 0.944 bits per heavy atom. The van der Waals surface area contributed by atoms with Crippen LogP contribution in [0.4, 0.5) is 0 Å². The van der Waals surface area contributed by atoms with Crippen molar-refractivity contribution in [2.24, 2.45) is 5.41 Å². The fraction of sp³-hybridized carbons (Fsp3) is 0.647. The van der Waals surface area contributed by atoms with Crippen LogP contribution in [-0.4, -0.2) is 11.7 Å². The summed E-state index contributed by atoms with van der Waals surface area (Å²) < 4.78 is 0. The zero-order valence-electron chi connectivity index (χ0n) is 11.3. The minimum atomic E-state index is 0.186. The van der Waals surface area contributed by atoms with Gasteiger partial charge in [-0.05, 0) is 60.6 Å². The molecule has 1 saturated carbocycles. The molecule has 98 valence electrons. The summed E-state index contributed by atoms with van der Waals surface area (Å²) in [6.07, 6.45) is 11.3. The number of rotatable bonds is 3. The molecular weight excluding hydrogens is 220 g/mol. The van der Waals surface area contributed by atoms with E-state index in [0.29, 0.717) is 6.61 Å². The molecule has 0 aliphatic heterocycles. The first-order valence-electron chi connectivity index (χ1n) is 7.53. The molecule has 2 aliphatic carbocycles. The van der Waals surface area contributed by atoms with Crippen molar-refractivity contribution in [3.05, 3.63) is 34.9 Å². The van der Waals surface area contributed by atoms with Crippen molar-refractivity contribution in [2.75, 3.05) is 6.61 Å². The number of aryl methyl sites for hydroxylation is 2. The Hall–Kier alpha value is -0.820. The van der Waals surface area contributed by atoms with Crippen molar-refractivity contribution in [3.8, 4) is 0 Å². The lowest BCUT2D eigenvalue weighted by Crippen LogP contribution is -2.30. The minimum Gasteiger partial charge on any atom is -0.396 e. The van der Waals surface area contributed by atoms with Crippen LogP contribution in [0.5, 0.6) is 0 Å². The summed E-state index contributed by atoms with van der Waals surface area (Å²) in [4.78, 5) is 0. The Morgan fingerprint density at radius 3 is 2.50 bits per heavy atom. The maximum Gasteiger partial charge on any atom is 0.0490 e. The molecule has 1 heteroatoms. The molecule has 0 radical (unpaired) electrons. The molecule has 1 N–H and O–H groups in total. The average Bonchev–Trinajstić information content (AvgIpc) is 2.87. The fourth-order valence-corrected chi connectivity index (χ4v) is 3.86. The van der Waals surface area contributed by atoms with Crippen molar-refractivity contribution in [1.82, 2.24) is 0 Å². The highest BCUT2D eigenvalue weighted by Crippen LogP contribution is 2.39. The monoisotopic (exact) mass is 244 g/mol. The van der Waals surface area contributed by atoms with Crippen LogP contribution in [0, 0.1) is 5.41 Å². The van der Waals surface area contributed by atoms with Gasteiger partial charge in [-0.2, -0.15) is 0 Å². The van der Waals surface area contributed by atoms with E-state index in [2.05, 4.69) is 18.2 Å². The van der Waals surface area contributed by atoms with E-state index in [4.69, 9.17) is 0 Å². The highest BCUT2D eigenvalue weighted by atomic mass is 16.3. The molecule has 2 aliphatic rings. The lowest BCUT2D eigenvalue weighted by atomic mass is 9.71. The molecule has 18 heavy (non-hydrogen) atoms. The van der Waals surface area contributed by atoms with Gasteiger partial charge in [-0.3, -0.25) is 0 Å². The van der Waals surface area contributed by atoms with Crippen LogP contribution in [0.15, 0.2) is 18.2 Å². The lowest BCUT2D eigenvalue weighted by Gasteiger charge is -2.36. The van der Waals surface area contributed by atoms with Crippen molar-refractivity contribution in [1.29, 1.82) is 0 Å². The lowest BCUT2D eigenvalue weighted by molar-refractivity contribution is 0.0823. The van der Waals surface area contributed by atoms with E-state index in [1.165, 1.54) is 56.9 Å². The van der Waals surface area contributed by atoms with E-state index in [0.717, 1.165) is 6.42 Å². The summed E-state index contributed by atoms with van der Waals surface area (Å²) in [6, 6.07) is 7.04. The Balaban J connectivity index is 1.78. The van der Waals surface area contributed by atoms with Crippen LogP contribution in [-0.2, 0) is 19.3 Å². The minimum absolute atomic E-state index is 0.186. The molecule has 1 aromatic carbocycles. The summed E-state index contributed by atoms with van der Waals surface area (Å²) >= 11 is 0. The third kappa shape index (κ3) is 2.33. The summed E-state index contributed by atoms with van der Waals surface area (Å²) in [5.74, 6) is 0. The van der Waals surface area contributed by atoms with Crippen LogP contribution in [0.3, 0.4) is 0 Å². The normalized spacial score (nSPS) is 21.8. The number of fused-ring (bicyclic) bond motifs is 1. The van der Waals surface area contributed by atoms with Gasteiger partial charge in [0.05, 0.1) is 0 Å². The third-order valence-electron chi connectivity index (χ3n) is 4.99. The highest BCUT2D eigenvalue weighted by molar-refractivity contribution is 5.35. The number of aliphatic hydroxyl groups excluding tert-OH is 1. The van der Waals surface area contributed by atoms with Crippen molar-refractivity contribution in [3.63, 3.8) is 0 Å². The highest BCUT2D eigenvalue weighted by Gasteiger charge is 2.31. The molecule has 3 rings (SSSR count). The van der Waals surface area contributed by atoms with Crippen LogP contribution >= 0.6 is 0 Å². The molecule has 0 saturated heterocycles. The number of benzene rings is 1. The Bertz CT molecular complexity index is 416. The largest absolute Gasteiger partial charge is 0.396 e. The smallest absolute Gasteiger partial charge is 0.0490 e. The first-order chi connectivity index (χ1) is 8.81. The van der Waals surface area contributed by atoms with E-state index in [1.54, 1.807) is 11.1 Å². The SMILES string of the molecule is OCC1(Cc2ccc3c(c2)CCC3)CCCCC1. The van der Waals surface area contributed by atoms with Gasteiger partial charge in [0.15, 0.2) is 0 Å². The molecule has 1 aromatic rings. The second kappa shape index (κ2) is 5.05. The first kappa shape index (κ1) is 12.2. The van der Waals surface area contributed by atoms with Gasteiger partial charge in [-0.1, -0.05) is 37.5 Å². The molecule has 0 amide bonds. The van der Waals surface area contributed by atoms with Gasteiger partial charge in [0.25, 0.3) is 0 Å². The predicted octanol–water partition coefficient (Wildman–Crippen LogP) is 3.66. The third-order valence-corrected chi connectivity index (χ3v) is 4.99. The van der Waals surface area contributed by atoms with Gasteiger partial charge in [0, 0.05) is 6.61 Å². The molecule has 0 aromatic heterocycles. The topological polar surface area (TPSA) is 20.2 Å². The molecule has 0 spiro atoms. The summed E-state index contributed by atoms with van der Waals surface area (Å²) in [7, 11) is 0. The summed E-state index contributed by atoms with van der Waals surface area (Å²) in [6.45, 7) is 0.365. The quantitative estimate of drug-likeness (QED) is 0.860. The summed E-state index contributed by atoms with van der Waals surface area (Å²) in [5.41, 5.74) is 4.76. The van der Waals surface area contributed by atoms with E-state index >= 15 is 0 Å². The van der Waals surface area contributed by atoms with Gasteiger partial charge in [-0.15, -0.1) is 0 Å². The van der Waals surface area contributed by atoms with Crippen molar-refractivity contribution in [2.45, 2.75) is 57.8 Å².